The Morgan fingerprint density at radius 2 is 1.31 bits per heavy atom. The Morgan fingerprint density at radius 1 is 0.750 bits per heavy atom. The lowest BCUT2D eigenvalue weighted by molar-refractivity contribution is -0.138. The Kier molecular flexibility index (Phi) is 11.5. The predicted molar refractivity (Wildman–Crippen MR) is 123 cm³/mol. The molecule has 0 heterocycles. The van der Waals surface area contributed by atoms with Gasteiger partial charge in [-0.15, -0.1) is 0 Å². The van der Waals surface area contributed by atoms with Crippen molar-refractivity contribution >= 4 is 11.9 Å². The van der Waals surface area contributed by atoms with Crippen LogP contribution in [0.1, 0.15) is 55.8 Å². The van der Waals surface area contributed by atoms with Crippen LogP contribution in [0.3, 0.4) is 0 Å². The van der Waals surface area contributed by atoms with Crippen LogP contribution in [0.2, 0.25) is 0 Å². The van der Waals surface area contributed by atoms with Crippen LogP contribution in [0.5, 0.6) is 17.2 Å². The van der Waals surface area contributed by atoms with Crippen molar-refractivity contribution in [2.75, 3.05) is 19.8 Å². The van der Waals surface area contributed by atoms with Gasteiger partial charge in [0.05, 0.1) is 12.2 Å². The van der Waals surface area contributed by atoms with Gasteiger partial charge in [0.2, 0.25) is 0 Å². The summed E-state index contributed by atoms with van der Waals surface area (Å²) < 4.78 is 21.4. The quantitative estimate of drug-likeness (QED) is 0.152. The molecule has 0 saturated carbocycles. The van der Waals surface area contributed by atoms with Crippen molar-refractivity contribution in [3.05, 3.63) is 66.7 Å². The number of ether oxygens (including phenoxy) is 4. The average molecular weight is 441 g/mol. The molecule has 0 unspecified atom stereocenters. The van der Waals surface area contributed by atoms with E-state index in [0.717, 1.165) is 18.2 Å². The zero-order chi connectivity index (χ0) is 23.0. The van der Waals surface area contributed by atoms with Crippen LogP contribution in [0, 0.1) is 0 Å². The molecule has 0 saturated heterocycles. The lowest BCUT2D eigenvalue weighted by Gasteiger charge is -2.09. The number of carbonyl (C=O) groups is 2. The van der Waals surface area contributed by atoms with E-state index in [1.54, 1.807) is 48.5 Å². The highest BCUT2D eigenvalue weighted by Gasteiger charge is 2.09. The number of esters is 2. The molecule has 6 nitrogen and oxygen atoms in total. The molecule has 0 aliphatic rings. The maximum Gasteiger partial charge on any atom is 0.343 e. The number of hydrogen-bond acceptors (Lipinski definition) is 6. The van der Waals surface area contributed by atoms with Gasteiger partial charge in [0.25, 0.3) is 0 Å². The summed E-state index contributed by atoms with van der Waals surface area (Å²) in [4.78, 5) is 23.3. The van der Waals surface area contributed by atoms with E-state index >= 15 is 0 Å². The molecule has 0 atom stereocenters. The first kappa shape index (κ1) is 25.0. The second kappa shape index (κ2) is 14.7. The highest BCUT2D eigenvalue weighted by molar-refractivity contribution is 5.91. The zero-order valence-corrected chi connectivity index (χ0v) is 18.7. The molecule has 0 amide bonds. The normalized spacial score (nSPS) is 10.3. The molecule has 2 rings (SSSR count). The lowest BCUT2D eigenvalue weighted by Crippen LogP contribution is -2.11. The molecule has 32 heavy (non-hydrogen) atoms. The summed E-state index contributed by atoms with van der Waals surface area (Å²) in [6.07, 6.45) is 8.42. The summed E-state index contributed by atoms with van der Waals surface area (Å²) in [5.74, 6) is 0.814. The fourth-order valence-corrected chi connectivity index (χ4v) is 2.89. The SMILES string of the molecule is C=CC(=O)OCCOc1ccc(C(=O)Oc2ccc(OCCCCCCCC)cc2)cc1. The van der Waals surface area contributed by atoms with Crippen molar-refractivity contribution in [1.29, 1.82) is 0 Å². The van der Waals surface area contributed by atoms with E-state index in [-0.39, 0.29) is 13.2 Å². The summed E-state index contributed by atoms with van der Waals surface area (Å²) in [6, 6.07) is 13.6. The van der Waals surface area contributed by atoms with Crippen molar-refractivity contribution in [1.82, 2.24) is 0 Å². The number of rotatable bonds is 15. The topological polar surface area (TPSA) is 71.1 Å². The van der Waals surface area contributed by atoms with Gasteiger partial charge in [-0.05, 0) is 55.0 Å². The van der Waals surface area contributed by atoms with Gasteiger partial charge in [-0.3, -0.25) is 0 Å². The molecule has 0 N–H and O–H groups in total. The fourth-order valence-electron chi connectivity index (χ4n) is 2.89. The maximum absolute atomic E-state index is 12.3. The van der Waals surface area contributed by atoms with Gasteiger partial charge in [0, 0.05) is 6.08 Å². The van der Waals surface area contributed by atoms with Gasteiger partial charge in [-0.2, -0.15) is 0 Å². The number of carbonyl (C=O) groups excluding carboxylic acids is 2. The Balaban J connectivity index is 1.70. The van der Waals surface area contributed by atoms with E-state index in [1.165, 1.54) is 32.1 Å². The third-order valence-corrected chi connectivity index (χ3v) is 4.65. The third kappa shape index (κ3) is 9.69. The summed E-state index contributed by atoms with van der Waals surface area (Å²) in [7, 11) is 0. The minimum Gasteiger partial charge on any atom is -0.494 e. The van der Waals surface area contributed by atoms with Crippen molar-refractivity contribution in [2.24, 2.45) is 0 Å². The average Bonchev–Trinajstić information content (AvgIpc) is 2.82. The fraction of sp³-hybridized carbons (Fsp3) is 0.385. The molecule has 0 fully saturated rings. The molecular formula is C26H32O6. The van der Waals surface area contributed by atoms with Crippen molar-refractivity contribution in [2.45, 2.75) is 45.4 Å². The summed E-state index contributed by atoms with van der Waals surface area (Å²) in [5, 5.41) is 0. The smallest absolute Gasteiger partial charge is 0.343 e. The lowest BCUT2D eigenvalue weighted by atomic mass is 10.1. The first-order chi connectivity index (χ1) is 15.6. The molecule has 0 aliphatic heterocycles. The van der Waals surface area contributed by atoms with E-state index in [4.69, 9.17) is 18.9 Å². The Labute approximate surface area is 190 Å². The second-order valence-corrected chi connectivity index (χ2v) is 7.22. The summed E-state index contributed by atoms with van der Waals surface area (Å²) in [5.41, 5.74) is 0.402. The van der Waals surface area contributed by atoms with E-state index in [9.17, 15) is 9.59 Å². The van der Waals surface area contributed by atoms with Crippen LogP contribution in [0.4, 0.5) is 0 Å². The largest absolute Gasteiger partial charge is 0.494 e. The van der Waals surface area contributed by atoms with E-state index < -0.39 is 11.9 Å². The molecule has 2 aromatic rings. The van der Waals surface area contributed by atoms with Crippen LogP contribution in [-0.2, 0) is 9.53 Å². The van der Waals surface area contributed by atoms with Gasteiger partial charge in [-0.25, -0.2) is 9.59 Å². The first-order valence-corrected chi connectivity index (χ1v) is 11.1. The summed E-state index contributed by atoms with van der Waals surface area (Å²) >= 11 is 0. The van der Waals surface area contributed by atoms with Crippen LogP contribution in [-0.4, -0.2) is 31.8 Å². The highest BCUT2D eigenvalue weighted by atomic mass is 16.6. The van der Waals surface area contributed by atoms with E-state index in [0.29, 0.717) is 23.7 Å². The number of unbranched alkanes of at least 4 members (excludes halogenated alkanes) is 5. The Hall–Kier alpha value is -3.28. The molecular weight excluding hydrogens is 408 g/mol. The van der Waals surface area contributed by atoms with Crippen LogP contribution < -0.4 is 14.2 Å². The number of benzene rings is 2. The third-order valence-electron chi connectivity index (χ3n) is 4.65. The van der Waals surface area contributed by atoms with E-state index in [2.05, 4.69) is 13.5 Å². The zero-order valence-electron chi connectivity index (χ0n) is 18.7. The van der Waals surface area contributed by atoms with Crippen molar-refractivity contribution in [3.63, 3.8) is 0 Å². The number of hydrogen-bond donors (Lipinski definition) is 0. The molecule has 0 aromatic heterocycles. The van der Waals surface area contributed by atoms with Gasteiger partial charge < -0.3 is 18.9 Å². The molecule has 0 aliphatic carbocycles. The first-order valence-electron chi connectivity index (χ1n) is 11.1. The minimum absolute atomic E-state index is 0.118. The molecule has 172 valence electrons. The van der Waals surface area contributed by atoms with Crippen molar-refractivity contribution in [3.8, 4) is 17.2 Å². The van der Waals surface area contributed by atoms with Gasteiger partial charge in [-0.1, -0.05) is 45.6 Å². The predicted octanol–water partition coefficient (Wildman–Crippen LogP) is 5.75. The molecule has 0 bridgehead atoms. The monoisotopic (exact) mass is 440 g/mol. The minimum atomic E-state index is -0.496. The van der Waals surface area contributed by atoms with Crippen LogP contribution >= 0.6 is 0 Å². The van der Waals surface area contributed by atoms with Crippen molar-refractivity contribution < 1.29 is 28.5 Å². The Morgan fingerprint density at radius 3 is 1.97 bits per heavy atom. The highest BCUT2D eigenvalue weighted by Crippen LogP contribution is 2.20. The molecule has 0 radical (unpaired) electrons. The standard InChI is InChI=1S/C26H32O6/c1-3-5-6-7-8-9-18-29-23-14-16-24(17-15-23)32-26(28)21-10-12-22(13-11-21)30-19-20-31-25(27)4-2/h4,10-17H,2-3,5-9,18-20H2,1H3. The van der Waals surface area contributed by atoms with Crippen LogP contribution in [0.15, 0.2) is 61.2 Å². The Bertz CT molecular complexity index is 826. The van der Waals surface area contributed by atoms with Gasteiger partial charge >= 0.3 is 11.9 Å². The molecule has 2 aromatic carbocycles. The van der Waals surface area contributed by atoms with E-state index in [1.807, 2.05) is 0 Å². The summed E-state index contributed by atoms with van der Waals surface area (Å²) in [6.45, 7) is 6.55. The molecule has 6 heteroatoms. The maximum atomic E-state index is 12.3. The molecule has 0 spiro atoms. The van der Waals surface area contributed by atoms with Gasteiger partial charge in [0.1, 0.15) is 30.5 Å². The van der Waals surface area contributed by atoms with Gasteiger partial charge in [0.15, 0.2) is 0 Å². The van der Waals surface area contributed by atoms with Crippen LogP contribution in [0.25, 0.3) is 0 Å². The second-order valence-electron chi connectivity index (χ2n) is 7.22.